The molecular formula is C15H10ClN3O3. The van der Waals surface area contributed by atoms with E-state index in [9.17, 15) is 4.79 Å². The van der Waals surface area contributed by atoms with Gasteiger partial charge in [-0.25, -0.2) is 5.48 Å². The molecular weight excluding hydrogens is 306 g/mol. The number of nitrogens with zero attached hydrogens (tertiary/aromatic N) is 2. The zero-order valence-electron chi connectivity index (χ0n) is 11.2. The maximum absolute atomic E-state index is 11.2. The Labute approximate surface area is 130 Å². The van der Waals surface area contributed by atoms with Crippen LogP contribution in [-0.2, 0) is 0 Å². The number of benzene rings is 2. The summed E-state index contributed by atoms with van der Waals surface area (Å²) in [6, 6.07) is 15.0. The highest BCUT2D eigenvalue weighted by Gasteiger charge is 2.16. The number of amides is 1. The summed E-state index contributed by atoms with van der Waals surface area (Å²) in [6.45, 7) is 0. The number of hydrogen-bond acceptors (Lipinski definition) is 5. The van der Waals surface area contributed by atoms with Gasteiger partial charge in [-0.3, -0.25) is 10.0 Å². The third-order valence-corrected chi connectivity index (χ3v) is 3.33. The summed E-state index contributed by atoms with van der Waals surface area (Å²) in [4.78, 5) is 11.2. The molecule has 0 aliphatic rings. The average molecular weight is 316 g/mol. The van der Waals surface area contributed by atoms with Crippen LogP contribution in [0.2, 0.25) is 5.02 Å². The standard InChI is InChI=1S/C15H10ClN3O3/c16-12-8-10(14-17-18-15(22-14)13(20)19-21)6-7-11(12)9-4-2-1-3-5-9/h1-8,21H,(H,19,20). The molecule has 110 valence electrons. The van der Waals surface area contributed by atoms with E-state index in [2.05, 4.69) is 10.2 Å². The molecule has 0 bridgehead atoms. The van der Waals surface area contributed by atoms with Crippen molar-refractivity contribution in [2.45, 2.75) is 0 Å². The molecule has 0 aliphatic carbocycles. The summed E-state index contributed by atoms with van der Waals surface area (Å²) in [5.41, 5.74) is 3.87. The summed E-state index contributed by atoms with van der Waals surface area (Å²) in [7, 11) is 0. The molecule has 2 N–H and O–H groups in total. The molecule has 0 atom stereocenters. The van der Waals surface area contributed by atoms with E-state index in [1.165, 1.54) is 5.48 Å². The fraction of sp³-hybridized carbons (Fsp3) is 0. The van der Waals surface area contributed by atoms with Crippen LogP contribution in [0, 0.1) is 0 Å². The van der Waals surface area contributed by atoms with E-state index in [4.69, 9.17) is 21.2 Å². The monoisotopic (exact) mass is 315 g/mol. The molecule has 22 heavy (non-hydrogen) atoms. The predicted molar refractivity (Wildman–Crippen MR) is 79.4 cm³/mol. The van der Waals surface area contributed by atoms with Crippen molar-refractivity contribution in [3.05, 3.63) is 59.4 Å². The first-order valence-corrected chi connectivity index (χ1v) is 6.70. The number of hydroxylamine groups is 1. The van der Waals surface area contributed by atoms with Gasteiger partial charge in [0.15, 0.2) is 0 Å². The van der Waals surface area contributed by atoms with Gasteiger partial charge >= 0.3 is 11.8 Å². The second-order valence-corrected chi connectivity index (χ2v) is 4.82. The van der Waals surface area contributed by atoms with E-state index in [-0.39, 0.29) is 11.8 Å². The van der Waals surface area contributed by atoms with Crippen LogP contribution in [0.1, 0.15) is 10.7 Å². The quantitative estimate of drug-likeness (QED) is 0.572. The second-order valence-electron chi connectivity index (χ2n) is 4.41. The molecule has 6 nitrogen and oxygen atoms in total. The van der Waals surface area contributed by atoms with E-state index < -0.39 is 5.91 Å². The Morgan fingerprint density at radius 3 is 2.55 bits per heavy atom. The van der Waals surface area contributed by atoms with Crippen LogP contribution in [0.3, 0.4) is 0 Å². The Hall–Kier alpha value is -2.70. The van der Waals surface area contributed by atoms with Crippen LogP contribution in [0.15, 0.2) is 52.9 Å². The predicted octanol–water partition coefficient (Wildman–Crippen LogP) is 3.18. The molecule has 0 fully saturated rings. The third kappa shape index (κ3) is 2.69. The summed E-state index contributed by atoms with van der Waals surface area (Å²) < 4.78 is 5.17. The normalized spacial score (nSPS) is 10.5. The lowest BCUT2D eigenvalue weighted by Crippen LogP contribution is -2.18. The molecule has 1 heterocycles. The lowest BCUT2D eigenvalue weighted by molar-refractivity contribution is 0.0669. The summed E-state index contributed by atoms with van der Waals surface area (Å²) >= 11 is 6.30. The Balaban J connectivity index is 1.95. The van der Waals surface area contributed by atoms with Crippen LogP contribution in [0.25, 0.3) is 22.6 Å². The average Bonchev–Trinajstić information content (AvgIpc) is 3.05. The lowest BCUT2D eigenvalue weighted by Gasteiger charge is -2.05. The number of carbonyl (C=O) groups is 1. The Bertz CT molecular complexity index is 818. The Morgan fingerprint density at radius 1 is 1.09 bits per heavy atom. The first-order chi connectivity index (χ1) is 10.7. The number of hydrogen-bond donors (Lipinski definition) is 2. The van der Waals surface area contributed by atoms with Crippen LogP contribution in [-0.4, -0.2) is 21.3 Å². The van der Waals surface area contributed by atoms with Crippen LogP contribution >= 0.6 is 11.6 Å². The molecule has 0 saturated carbocycles. The molecule has 2 aromatic carbocycles. The van der Waals surface area contributed by atoms with Gasteiger partial charge in [-0.1, -0.05) is 48.0 Å². The van der Waals surface area contributed by atoms with Crippen molar-refractivity contribution in [1.82, 2.24) is 15.7 Å². The van der Waals surface area contributed by atoms with E-state index in [1.807, 2.05) is 36.4 Å². The molecule has 3 aromatic rings. The van der Waals surface area contributed by atoms with E-state index in [1.54, 1.807) is 12.1 Å². The molecule has 0 saturated heterocycles. The lowest BCUT2D eigenvalue weighted by atomic mass is 10.0. The fourth-order valence-electron chi connectivity index (χ4n) is 1.98. The van der Waals surface area contributed by atoms with Gasteiger partial charge in [-0.2, -0.15) is 0 Å². The van der Waals surface area contributed by atoms with Gasteiger partial charge in [0.25, 0.3) is 0 Å². The minimum Gasteiger partial charge on any atom is -0.412 e. The van der Waals surface area contributed by atoms with Crippen molar-refractivity contribution in [3.8, 4) is 22.6 Å². The van der Waals surface area contributed by atoms with Gasteiger partial charge in [0.2, 0.25) is 5.89 Å². The highest BCUT2D eigenvalue weighted by molar-refractivity contribution is 6.33. The van der Waals surface area contributed by atoms with Crippen molar-refractivity contribution in [2.24, 2.45) is 0 Å². The van der Waals surface area contributed by atoms with Crippen LogP contribution in [0.4, 0.5) is 0 Å². The van der Waals surface area contributed by atoms with Gasteiger partial charge in [-0.15, -0.1) is 10.2 Å². The minimum absolute atomic E-state index is 0.139. The van der Waals surface area contributed by atoms with Crippen molar-refractivity contribution < 1.29 is 14.4 Å². The Morgan fingerprint density at radius 2 is 1.86 bits per heavy atom. The van der Waals surface area contributed by atoms with Gasteiger partial charge in [0, 0.05) is 16.1 Å². The first kappa shape index (κ1) is 14.2. The largest absolute Gasteiger partial charge is 0.412 e. The number of rotatable bonds is 3. The molecule has 0 aliphatic heterocycles. The smallest absolute Gasteiger partial charge is 0.332 e. The van der Waals surface area contributed by atoms with Gasteiger partial charge < -0.3 is 4.42 Å². The zero-order valence-corrected chi connectivity index (χ0v) is 11.9. The van der Waals surface area contributed by atoms with Gasteiger partial charge in [0.1, 0.15) is 0 Å². The Kier molecular flexibility index (Phi) is 3.86. The SMILES string of the molecule is O=C(NO)c1nnc(-c2ccc(-c3ccccc3)c(Cl)c2)o1. The van der Waals surface area contributed by atoms with E-state index in [0.717, 1.165) is 11.1 Å². The molecule has 1 aromatic heterocycles. The number of nitrogens with one attached hydrogen (secondary N) is 1. The molecule has 1 amide bonds. The summed E-state index contributed by atoms with van der Waals surface area (Å²) in [6.07, 6.45) is 0. The van der Waals surface area contributed by atoms with E-state index in [0.29, 0.717) is 10.6 Å². The van der Waals surface area contributed by atoms with Gasteiger partial charge in [0.05, 0.1) is 0 Å². The molecule has 0 radical (unpaired) electrons. The topological polar surface area (TPSA) is 88.2 Å². The summed E-state index contributed by atoms with van der Waals surface area (Å²) in [5, 5.41) is 16.3. The third-order valence-electron chi connectivity index (χ3n) is 3.02. The maximum Gasteiger partial charge on any atom is 0.332 e. The molecule has 3 rings (SSSR count). The number of aromatic nitrogens is 2. The molecule has 0 spiro atoms. The van der Waals surface area contributed by atoms with Crippen molar-refractivity contribution in [2.75, 3.05) is 0 Å². The number of carbonyl (C=O) groups excluding carboxylic acids is 1. The number of halogens is 1. The van der Waals surface area contributed by atoms with Crippen LogP contribution in [0.5, 0.6) is 0 Å². The zero-order chi connectivity index (χ0) is 15.5. The van der Waals surface area contributed by atoms with E-state index >= 15 is 0 Å². The highest BCUT2D eigenvalue weighted by atomic mass is 35.5. The summed E-state index contributed by atoms with van der Waals surface area (Å²) in [5.74, 6) is -1.06. The molecule has 7 heteroatoms. The van der Waals surface area contributed by atoms with Gasteiger partial charge in [-0.05, 0) is 17.7 Å². The van der Waals surface area contributed by atoms with Crippen molar-refractivity contribution in [1.29, 1.82) is 0 Å². The first-order valence-electron chi connectivity index (χ1n) is 6.32. The minimum atomic E-state index is -0.870. The second kappa shape index (κ2) is 5.97. The highest BCUT2D eigenvalue weighted by Crippen LogP contribution is 2.31. The van der Waals surface area contributed by atoms with Crippen molar-refractivity contribution in [3.63, 3.8) is 0 Å². The van der Waals surface area contributed by atoms with Crippen LogP contribution < -0.4 is 5.48 Å². The molecule has 0 unspecified atom stereocenters. The van der Waals surface area contributed by atoms with Crippen molar-refractivity contribution >= 4 is 17.5 Å². The fourth-order valence-corrected chi connectivity index (χ4v) is 2.27. The maximum atomic E-state index is 11.2.